The lowest BCUT2D eigenvalue weighted by Gasteiger charge is -2.35. The summed E-state index contributed by atoms with van der Waals surface area (Å²) in [7, 11) is 0. The number of nitrogens with zero attached hydrogens (tertiary/aromatic N) is 1. The van der Waals surface area contributed by atoms with Crippen LogP contribution in [0.5, 0.6) is 0 Å². The zero-order valence-corrected chi connectivity index (χ0v) is 12.5. The number of rotatable bonds is 2. The van der Waals surface area contributed by atoms with E-state index in [0.717, 1.165) is 10.5 Å². The maximum Gasteiger partial charge on any atom is 0.0372 e. The number of benzene rings is 1. The summed E-state index contributed by atoms with van der Waals surface area (Å²) >= 11 is 3.52. The summed E-state index contributed by atoms with van der Waals surface area (Å²) in [5.74, 6) is 0. The molecule has 2 heterocycles. The van der Waals surface area contributed by atoms with Crippen molar-refractivity contribution in [1.29, 1.82) is 0 Å². The van der Waals surface area contributed by atoms with Gasteiger partial charge in [-0.2, -0.15) is 0 Å². The Morgan fingerprint density at radius 2 is 2.17 bits per heavy atom. The summed E-state index contributed by atoms with van der Waals surface area (Å²) in [5, 5.41) is 3.74. The van der Waals surface area contributed by atoms with Crippen LogP contribution >= 0.6 is 15.9 Å². The normalized spacial score (nSPS) is 28.1. The lowest BCUT2D eigenvalue weighted by Crippen LogP contribution is -2.42. The molecule has 1 N–H and O–H groups in total. The first-order valence-electron chi connectivity index (χ1n) is 6.99. The molecule has 0 amide bonds. The fourth-order valence-corrected chi connectivity index (χ4v) is 3.84. The molecule has 18 heavy (non-hydrogen) atoms. The highest BCUT2D eigenvalue weighted by Gasteiger charge is 2.31. The molecule has 1 aromatic rings. The third-order valence-electron chi connectivity index (χ3n) is 4.37. The molecule has 2 nitrogen and oxygen atoms in total. The summed E-state index contributed by atoms with van der Waals surface area (Å²) in [5.41, 5.74) is 2.63. The first kappa shape index (κ1) is 12.5. The number of fused-ring (bicyclic) bond motifs is 1. The van der Waals surface area contributed by atoms with E-state index < -0.39 is 0 Å². The number of halogens is 1. The lowest BCUT2D eigenvalue weighted by atomic mass is 9.97. The third-order valence-corrected chi connectivity index (χ3v) is 4.86. The Kier molecular flexibility index (Phi) is 3.62. The van der Waals surface area contributed by atoms with Crippen molar-refractivity contribution in [3.8, 4) is 0 Å². The summed E-state index contributed by atoms with van der Waals surface area (Å²) in [6.07, 6.45) is 5.40. The van der Waals surface area contributed by atoms with Crippen LogP contribution in [-0.2, 0) is 0 Å². The Morgan fingerprint density at radius 3 is 3.00 bits per heavy atom. The predicted octanol–water partition coefficient (Wildman–Crippen LogP) is 3.80. The van der Waals surface area contributed by atoms with E-state index >= 15 is 0 Å². The SMILES string of the molecule is Cc1cc(Br)ccc1NC1CCN2CCCC2C1. The zero-order valence-electron chi connectivity index (χ0n) is 11.0. The number of piperidine rings is 1. The minimum atomic E-state index is 0.657. The largest absolute Gasteiger partial charge is 0.382 e. The van der Waals surface area contributed by atoms with Gasteiger partial charge >= 0.3 is 0 Å². The molecule has 2 aliphatic heterocycles. The summed E-state index contributed by atoms with van der Waals surface area (Å²) in [4.78, 5) is 2.67. The Labute approximate surface area is 118 Å². The van der Waals surface area contributed by atoms with Gasteiger partial charge in [0.25, 0.3) is 0 Å². The number of nitrogens with one attached hydrogen (secondary N) is 1. The molecule has 2 atom stereocenters. The monoisotopic (exact) mass is 308 g/mol. The van der Waals surface area contributed by atoms with Crippen molar-refractivity contribution in [1.82, 2.24) is 4.90 Å². The molecule has 1 aromatic carbocycles. The number of aryl methyl sites for hydroxylation is 1. The van der Waals surface area contributed by atoms with E-state index in [1.54, 1.807) is 0 Å². The van der Waals surface area contributed by atoms with Crippen LogP contribution < -0.4 is 5.32 Å². The van der Waals surface area contributed by atoms with Crippen molar-refractivity contribution in [2.45, 2.75) is 44.7 Å². The molecular formula is C15H21BrN2. The molecule has 2 fully saturated rings. The fourth-order valence-electron chi connectivity index (χ4n) is 3.36. The Hall–Kier alpha value is -0.540. The van der Waals surface area contributed by atoms with Gasteiger partial charge in [-0.15, -0.1) is 0 Å². The van der Waals surface area contributed by atoms with Gasteiger partial charge in [0.1, 0.15) is 0 Å². The average Bonchev–Trinajstić information content (AvgIpc) is 2.80. The van der Waals surface area contributed by atoms with Crippen molar-refractivity contribution in [3.63, 3.8) is 0 Å². The van der Waals surface area contributed by atoms with Crippen molar-refractivity contribution in [3.05, 3.63) is 28.2 Å². The van der Waals surface area contributed by atoms with Gasteiger partial charge in [0.2, 0.25) is 0 Å². The second-order valence-electron chi connectivity index (χ2n) is 5.66. The maximum atomic E-state index is 3.74. The highest BCUT2D eigenvalue weighted by Crippen LogP contribution is 2.29. The molecule has 0 saturated carbocycles. The molecule has 3 rings (SSSR count). The molecule has 2 saturated heterocycles. The standard InChI is InChI=1S/C15H21BrN2/c1-11-9-12(16)4-5-15(11)17-13-6-8-18-7-2-3-14(18)10-13/h4-5,9,13-14,17H,2-3,6-8,10H2,1H3. The second-order valence-corrected chi connectivity index (χ2v) is 6.57. The van der Waals surface area contributed by atoms with Crippen LogP contribution in [0.15, 0.2) is 22.7 Å². The Balaban J connectivity index is 1.66. The summed E-state index contributed by atoms with van der Waals surface area (Å²) in [6, 6.07) is 8.00. The van der Waals surface area contributed by atoms with E-state index in [2.05, 4.69) is 51.3 Å². The molecule has 3 heteroatoms. The van der Waals surface area contributed by atoms with Gasteiger partial charge < -0.3 is 10.2 Å². The van der Waals surface area contributed by atoms with E-state index in [-0.39, 0.29) is 0 Å². The van der Waals surface area contributed by atoms with E-state index in [1.165, 1.54) is 50.0 Å². The molecule has 0 bridgehead atoms. The molecule has 2 unspecified atom stereocenters. The molecular weight excluding hydrogens is 288 g/mol. The predicted molar refractivity (Wildman–Crippen MR) is 80.1 cm³/mol. The number of hydrogen-bond acceptors (Lipinski definition) is 2. The second kappa shape index (κ2) is 5.22. The molecule has 0 radical (unpaired) electrons. The minimum Gasteiger partial charge on any atom is -0.382 e. The Bertz CT molecular complexity index is 433. The lowest BCUT2D eigenvalue weighted by molar-refractivity contribution is 0.188. The van der Waals surface area contributed by atoms with Crippen LogP contribution in [0.2, 0.25) is 0 Å². The molecule has 0 aliphatic carbocycles. The minimum absolute atomic E-state index is 0.657. The first-order chi connectivity index (χ1) is 8.72. The van der Waals surface area contributed by atoms with Crippen molar-refractivity contribution >= 4 is 21.6 Å². The average molecular weight is 309 g/mol. The van der Waals surface area contributed by atoms with Gasteiger partial charge in [0, 0.05) is 28.8 Å². The van der Waals surface area contributed by atoms with E-state index in [4.69, 9.17) is 0 Å². The van der Waals surface area contributed by atoms with Gasteiger partial charge in [0.05, 0.1) is 0 Å². The topological polar surface area (TPSA) is 15.3 Å². The van der Waals surface area contributed by atoms with E-state index in [9.17, 15) is 0 Å². The highest BCUT2D eigenvalue weighted by atomic mass is 79.9. The zero-order chi connectivity index (χ0) is 12.5. The van der Waals surface area contributed by atoms with Crippen molar-refractivity contribution in [2.24, 2.45) is 0 Å². The quantitative estimate of drug-likeness (QED) is 0.894. The Morgan fingerprint density at radius 1 is 1.28 bits per heavy atom. The fraction of sp³-hybridized carbons (Fsp3) is 0.600. The number of anilines is 1. The summed E-state index contributed by atoms with van der Waals surface area (Å²) < 4.78 is 1.16. The van der Waals surface area contributed by atoms with E-state index in [1.807, 2.05) is 0 Å². The number of hydrogen-bond donors (Lipinski definition) is 1. The highest BCUT2D eigenvalue weighted by molar-refractivity contribution is 9.10. The third kappa shape index (κ3) is 2.57. The van der Waals surface area contributed by atoms with Crippen LogP contribution in [-0.4, -0.2) is 30.1 Å². The van der Waals surface area contributed by atoms with Gasteiger partial charge in [-0.05, 0) is 62.9 Å². The van der Waals surface area contributed by atoms with Crippen LogP contribution in [0.3, 0.4) is 0 Å². The molecule has 0 spiro atoms. The van der Waals surface area contributed by atoms with Gasteiger partial charge in [-0.3, -0.25) is 0 Å². The van der Waals surface area contributed by atoms with Crippen molar-refractivity contribution in [2.75, 3.05) is 18.4 Å². The first-order valence-corrected chi connectivity index (χ1v) is 7.78. The van der Waals surface area contributed by atoms with Crippen LogP contribution in [0.25, 0.3) is 0 Å². The summed E-state index contributed by atoms with van der Waals surface area (Å²) in [6.45, 7) is 4.78. The van der Waals surface area contributed by atoms with Gasteiger partial charge in [-0.1, -0.05) is 15.9 Å². The maximum absolute atomic E-state index is 3.74. The van der Waals surface area contributed by atoms with Crippen molar-refractivity contribution < 1.29 is 0 Å². The smallest absolute Gasteiger partial charge is 0.0372 e. The van der Waals surface area contributed by atoms with Crippen LogP contribution in [0.1, 0.15) is 31.2 Å². The van der Waals surface area contributed by atoms with E-state index in [0.29, 0.717) is 6.04 Å². The molecule has 2 aliphatic rings. The molecule has 0 aromatic heterocycles. The molecule has 98 valence electrons. The van der Waals surface area contributed by atoms with Crippen LogP contribution in [0, 0.1) is 6.92 Å². The van der Waals surface area contributed by atoms with Gasteiger partial charge in [0.15, 0.2) is 0 Å². The van der Waals surface area contributed by atoms with Crippen LogP contribution in [0.4, 0.5) is 5.69 Å². The van der Waals surface area contributed by atoms with Gasteiger partial charge in [-0.25, -0.2) is 0 Å².